The monoisotopic (exact) mass is 453 g/mol. The molecule has 0 fully saturated rings. The van der Waals surface area contributed by atoms with Crippen molar-refractivity contribution in [2.45, 2.75) is 50.9 Å². The SMILES string of the molecule is C=CN(/C=C\C)c1cc(C)nc2c(OCc3c(Cl)cncc3SC(C)(C)C)cccc12. The second-order valence-corrected chi connectivity index (χ2v) is 10.4. The average Bonchev–Trinajstić information content (AvgIpc) is 2.70. The van der Waals surface area contributed by atoms with Crippen LogP contribution in [-0.4, -0.2) is 14.7 Å². The summed E-state index contributed by atoms with van der Waals surface area (Å²) in [5, 5.41) is 1.59. The Kier molecular flexibility index (Phi) is 7.29. The predicted molar refractivity (Wildman–Crippen MR) is 133 cm³/mol. The maximum Gasteiger partial charge on any atom is 0.146 e. The number of hydrogen-bond donors (Lipinski definition) is 0. The fraction of sp³-hybridized carbons (Fsp3) is 0.280. The zero-order chi connectivity index (χ0) is 22.6. The molecular weight excluding hydrogens is 426 g/mol. The van der Waals surface area contributed by atoms with Gasteiger partial charge >= 0.3 is 0 Å². The van der Waals surface area contributed by atoms with E-state index in [9.17, 15) is 0 Å². The first kappa shape index (κ1) is 23.2. The molecule has 0 spiro atoms. The van der Waals surface area contributed by atoms with E-state index < -0.39 is 0 Å². The third kappa shape index (κ3) is 5.60. The van der Waals surface area contributed by atoms with Crippen LogP contribution in [0.3, 0.4) is 0 Å². The van der Waals surface area contributed by atoms with E-state index in [4.69, 9.17) is 21.3 Å². The number of pyridine rings is 2. The number of rotatable bonds is 7. The first-order chi connectivity index (χ1) is 14.7. The van der Waals surface area contributed by atoms with Gasteiger partial charge in [-0.25, -0.2) is 4.98 Å². The van der Waals surface area contributed by atoms with Crippen molar-refractivity contribution < 1.29 is 4.74 Å². The predicted octanol–water partition coefficient (Wildman–Crippen LogP) is 7.54. The minimum Gasteiger partial charge on any atom is -0.487 e. The molecule has 0 atom stereocenters. The van der Waals surface area contributed by atoms with Crippen LogP contribution in [0.1, 0.15) is 39.0 Å². The van der Waals surface area contributed by atoms with Crippen LogP contribution in [0, 0.1) is 6.92 Å². The van der Waals surface area contributed by atoms with Gasteiger partial charge in [0.1, 0.15) is 17.9 Å². The summed E-state index contributed by atoms with van der Waals surface area (Å²) < 4.78 is 6.31. The summed E-state index contributed by atoms with van der Waals surface area (Å²) in [4.78, 5) is 12.0. The quantitative estimate of drug-likeness (QED) is 0.345. The molecule has 3 rings (SSSR count). The number of benzene rings is 1. The summed E-state index contributed by atoms with van der Waals surface area (Å²) in [7, 11) is 0. The number of nitrogens with zero attached hydrogens (tertiary/aromatic N) is 3. The fourth-order valence-electron chi connectivity index (χ4n) is 3.21. The van der Waals surface area contributed by atoms with E-state index in [1.165, 1.54) is 0 Å². The molecule has 0 aliphatic heterocycles. The number of anilines is 1. The Hall–Kier alpha value is -2.50. The summed E-state index contributed by atoms with van der Waals surface area (Å²) in [5.74, 6) is 0.714. The number of para-hydroxylation sites is 1. The van der Waals surface area contributed by atoms with Gasteiger partial charge < -0.3 is 9.64 Å². The van der Waals surface area contributed by atoms with Gasteiger partial charge in [-0.15, -0.1) is 11.8 Å². The molecule has 6 heteroatoms. The van der Waals surface area contributed by atoms with Crippen LogP contribution < -0.4 is 9.64 Å². The maximum absolute atomic E-state index is 6.49. The van der Waals surface area contributed by atoms with Crippen LogP contribution in [0.15, 0.2) is 66.6 Å². The highest BCUT2D eigenvalue weighted by Crippen LogP contribution is 2.38. The Balaban J connectivity index is 2.01. The molecular formula is C25H28ClN3OS. The Labute approximate surface area is 194 Å². The van der Waals surface area contributed by atoms with Gasteiger partial charge in [0.2, 0.25) is 0 Å². The maximum atomic E-state index is 6.49. The fourth-order valence-corrected chi connectivity index (χ4v) is 4.54. The minimum absolute atomic E-state index is 0.0368. The Morgan fingerprint density at radius 3 is 2.71 bits per heavy atom. The standard InChI is InChI=1S/C25H28ClN3OS/c1-7-12-29(8-2)21-13-17(3)28-24-18(21)10-9-11-22(24)30-16-19-20(26)14-27-15-23(19)31-25(4,5)6/h7-15H,2,16H2,1,3-6H3/b12-7-. The van der Waals surface area contributed by atoms with Gasteiger partial charge in [-0.05, 0) is 26.0 Å². The molecule has 0 amide bonds. The molecule has 3 aromatic rings. The highest BCUT2D eigenvalue weighted by atomic mass is 35.5. The molecule has 162 valence electrons. The number of aromatic nitrogens is 2. The molecule has 1 aromatic carbocycles. The van der Waals surface area contributed by atoms with Crippen molar-refractivity contribution in [2.75, 3.05) is 4.90 Å². The molecule has 2 heterocycles. The van der Waals surface area contributed by atoms with Crippen LogP contribution in [0.25, 0.3) is 10.9 Å². The zero-order valence-corrected chi connectivity index (χ0v) is 20.2. The number of halogens is 1. The van der Waals surface area contributed by atoms with Crippen LogP contribution in [-0.2, 0) is 6.61 Å². The lowest BCUT2D eigenvalue weighted by Gasteiger charge is -2.21. The number of ether oxygens (including phenoxy) is 1. The van der Waals surface area contributed by atoms with E-state index in [0.717, 1.165) is 32.7 Å². The number of hydrogen-bond acceptors (Lipinski definition) is 5. The van der Waals surface area contributed by atoms with Crippen LogP contribution >= 0.6 is 23.4 Å². The van der Waals surface area contributed by atoms with E-state index in [2.05, 4.69) is 32.3 Å². The molecule has 4 nitrogen and oxygen atoms in total. The van der Waals surface area contributed by atoms with Crippen molar-refractivity contribution >= 4 is 40.0 Å². The molecule has 0 N–H and O–H groups in total. The van der Waals surface area contributed by atoms with E-state index in [1.54, 1.807) is 24.2 Å². The van der Waals surface area contributed by atoms with E-state index in [0.29, 0.717) is 17.4 Å². The summed E-state index contributed by atoms with van der Waals surface area (Å²) in [6.07, 6.45) is 9.25. The smallest absolute Gasteiger partial charge is 0.146 e. The molecule has 0 unspecified atom stereocenters. The van der Waals surface area contributed by atoms with Gasteiger partial charge in [0.15, 0.2) is 0 Å². The molecule has 2 aromatic heterocycles. The number of thioether (sulfide) groups is 1. The lowest BCUT2D eigenvalue weighted by atomic mass is 10.1. The number of allylic oxidation sites excluding steroid dienone is 1. The van der Waals surface area contributed by atoms with Crippen molar-refractivity contribution in [3.63, 3.8) is 0 Å². The largest absolute Gasteiger partial charge is 0.487 e. The minimum atomic E-state index is 0.0368. The van der Waals surface area contributed by atoms with Crippen molar-refractivity contribution in [3.05, 3.63) is 78.0 Å². The second-order valence-electron chi connectivity index (χ2n) is 8.11. The van der Waals surface area contributed by atoms with Gasteiger partial charge in [0.25, 0.3) is 0 Å². The summed E-state index contributed by atoms with van der Waals surface area (Å²) in [6.45, 7) is 14.7. The normalized spacial score (nSPS) is 11.8. The first-order valence-electron chi connectivity index (χ1n) is 10.1. The van der Waals surface area contributed by atoms with E-state index >= 15 is 0 Å². The third-order valence-electron chi connectivity index (χ3n) is 4.45. The average molecular weight is 454 g/mol. The summed E-state index contributed by atoms with van der Waals surface area (Å²) in [6, 6.07) is 8.02. The van der Waals surface area contributed by atoms with Gasteiger partial charge in [-0.2, -0.15) is 0 Å². The van der Waals surface area contributed by atoms with Crippen molar-refractivity contribution in [2.24, 2.45) is 0 Å². The molecule has 0 radical (unpaired) electrons. The molecule has 0 saturated heterocycles. The molecule has 0 bridgehead atoms. The van der Waals surface area contributed by atoms with Crippen molar-refractivity contribution in [3.8, 4) is 5.75 Å². The third-order valence-corrected chi connectivity index (χ3v) is 5.96. The molecule has 31 heavy (non-hydrogen) atoms. The molecule has 0 aliphatic carbocycles. The van der Waals surface area contributed by atoms with Gasteiger partial charge in [0.05, 0.1) is 10.7 Å². The Morgan fingerprint density at radius 1 is 1.26 bits per heavy atom. The van der Waals surface area contributed by atoms with Gasteiger partial charge in [-0.1, -0.05) is 57.2 Å². The lowest BCUT2D eigenvalue weighted by Crippen LogP contribution is -2.09. The van der Waals surface area contributed by atoms with Crippen molar-refractivity contribution in [1.29, 1.82) is 0 Å². The summed E-state index contributed by atoms with van der Waals surface area (Å²) in [5.41, 5.74) is 3.65. The highest BCUT2D eigenvalue weighted by Gasteiger charge is 2.18. The second kappa shape index (κ2) is 9.75. The van der Waals surface area contributed by atoms with Crippen molar-refractivity contribution in [1.82, 2.24) is 9.97 Å². The Morgan fingerprint density at radius 2 is 2.03 bits per heavy atom. The topological polar surface area (TPSA) is 38.2 Å². The van der Waals surface area contributed by atoms with Crippen LogP contribution in [0.5, 0.6) is 5.75 Å². The zero-order valence-electron chi connectivity index (χ0n) is 18.6. The van der Waals surface area contributed by atoms with Gasteiger partial charge in [-0.3, -0.25) is 4.98 Å². The Bertz CT molecular complexity index is 1120. The summed E-state index contributed by atoms with van der Waals surface area (Å²) >= 11 is 8.22. The lowest BCUT2D eigenvalue weighted by molar-refractivity contribution is 0.306. The number of aryl methyl sites for hydroxylation is 1. The van der Waals surface area contributed by atoms with Crippen LogP contribution in [0.4, 0.5) is 5.69 Å². The van der Waals surface area contributed by atoms with Crippen LogP contribution in [0.2, 0.25) is 5.02 Å². The molecule has 0 saturated carbocycles. The first-order valence-corrected chi connectivity index (χ1v) is 11.3. The number of fused-ring (bicyclic) bond motifs is 1. The van der Waals surface area contributed by atoms with E-state index in [-0.39, 0.29) is 4.75 Å². The molecule has 0 aliphatic rings. The van der Waals surface area contributed by atoms with Gasteiger partial charge in [0, 0.05) is 51.1 Å². The van der Waals surface area contributed by atoms with E-state index in [1.807, 2.05) is 61.5 Å². The highest BCUT2D eigenvalue weighted by molar-refractivity contribution is 8.00.